The zero-order valence-corrected chi connectivity index (χ0v) is 14.0. The number of benzene rings is 1. The molecule has 6 nitrogen and oxygen atoms in total. The molecule has 1 fully saturated rings. The summed E-state index contributed by atoms with van der Waals surface area (Å²) in [5, 5.41) is 2.81. The second kappa shape index (κ2) is 8.08. The molecule has 0 spiro atoms. The summed E-state index contributed by atoms with van der Waals surface area (Å²) in [5.41, 5.74) is 1.87. The Morgan fingerprint density at radius 1 is 1.26 bits per heavy atom. The third-order valence-electron chi connectivity index (χ3n) is 4.04. The average Bonchev–Trinajstić information content (AvgIpc) is 2.56. The number of carbonyl (C=O) groups is 2. The van der Waals surface area contributed by atoms with Crippen LogP contribution < -0.4 is 5.32 Å². The van der Waals surface area contributed by atoms with E-state index in [9.17, 15) is 9.59 Å². The van der Waals surface area contributed by atoms with E-state index >= 15 is 0 Å². The van der Waals surface area contributed by atoms with Crippen molar-refractivity contribution in [3.05, 3.63) is 29.8 Å². The van der Waals surface area contributed by atoms with Crippen molar-refractivity contribution >= 4 is 17.5 Å². The Kier molecular flexibility index (Phi) is 6.12. The predicted molar refractivity (Wildman–Crippen MR) is 89.3 cm³/mol. The highest BCUT2D eigenvalue weighted by Crippen LogP contribution is 2.09. The minimum atomic E-state index is -0.240. The highest BCUT2D eigenvalue weighted by atomic mass is 16.5. The minimum absolute atomic E-state index is 0.0430. The van der Waals surface area contributed by atoms with Crippen molar-refractivity contribution in [2.75, 3.05) is 45.2 Å². The Morgan fingerprint density at radius 3 is 2.48 bits per heavy atom. The van der Waals surface area contributed by atoms with Crippen molar-refractivity contribution in [2.45, 2.75) is 19.9 Å². The van der Waals surface area contributed by atoms with Crippen LogP contribution in [0.2, 0.25) is 0 Å². The fraction of sp³-hybridized carbons (Fsp3) is 0.529. The molecule has 0 saturated carbocycles. The van der Waals surface area contributed by atoms with Crippen LogP contribution >= 0.6 is 0 Å². The Morgan fingerprint density at radius 2 is 1.87 bits per heavy atom. The number of amides is 2. The van der Waals surface area contributed by atoms with Crippen LogP contribution in [0.1, 0.15) is 12.5 Å². The monoisotopic (exact) mass is 319 g/mol. The lowest BCUT2D eigenvalue weighted by atomic mass is 10.2. The van der Waals surface area contributed by atoms with Gasteiger partial charge in [0.2, 0.25) is 11.8 Å². The van der Waals surface area contributed by atoms with Crippen molar-refractivity contribution in [1.29, 1.82) is 0 Å². The summed E-state index contributed by atoms with van der Waals surface area (Å²) in [7, 11) is 1.66. The zero-order chi connectivity index (χ0) is 16.8. The molecule has 0 aliphatic carbocycles. The largest absolute Gasteiger partial charge is 0.379 e. The van der Waals surface area contributed by atoms with Gasteiger partial charge in [-0.25, -0.2) is 0 Å². The van der Waals surface area contributed by atoms with Gasteiger partial charge < -0.3 is 15.0 Å². The number of nitrogens with zero attached hydrogens (tertiary/aromatic N) is 2. The van der Waals surface area contributed by atoms with Gasteiger partial charge in [0.15, 0.2) is 0 Å². The molecule has 126 valence electrons. The normalized spacial score (nSPS) is 16.7. The summed E-state index contributed by atoms with van der Waals surface area (Å²) in [6.45, 7) is 6.70. The van der Waals surface area contributed by atoms with Gasteiger partial charge in [0.05, 0.1) is 25.8 Å². The highest BCUT2D eigenvalue weighted by Gasteiger charge is 2.26. The second-order valence-electron chi connectivity index (χ2n) is 5.93. The van der Waals surface area contributed by atoms with Crippen LogP contribution in [0.15, 0.2) is 24.3 Å². The van der Waals surface area contributed by atoms with Gasteiger partial charge in [-0.05, 0) is 26.0 Å². The van der Waals surface area contributed by atoms with Crippen LogP contribution in [0.4, 0.5) is 5.69 Å². The number of rotatable bonds is 5. The molecule has 1 N–H and O–H groups in total. The summed E-state index contributed by atoms with van der Waals surface area (Å²) in [4.78, 5) is 28.1. The molecule has 0 radical (unpaired) electrons. The van der Waals surface area contributed by atoms with Crippen molar-refractivity contribution < 1.29 is 14.3 Å². The molecule has 1 atom stereocenters. The highest BCUT2D eigenvalue weighted by molar-refractivity contribution is 5.95. The van der Waals surface area contributed by atoms with Crippen LogP contribution in [0.25, 0.3) is 0 Å². The lowest BCUT2D eigenvalue weighted by Gasteiger charge is -2.33. The summed E-state index contributed by atoms with van der Waals surface area (Å²) in [5.74, 6) is -0.246. The first-order valence-electron chi connectivity index (χ1n) is 7.90. The number of aryl methyl sites for hydroxylation is 1. The van der Waals surface area contributed by atoms with Crippen LogP contribution in [0, 0.1) is 6.92 Å². The van der Waals surface area contributed by atoms with Crippen LogP contribution in [0.3, 0.4) is 0 Å². The molecule has 0 aromatic heterocycles. The molecule has 23 heavy (non-hydrogen) atoms. The first kappa shape index (κ1) is 17.4. The Labute approximate surface area is 137 Å². The summed E-state index contributed by atoms with van der Waals surface area (Å²) in [6.07, 6.45) is 0. The van der Waals surface area contributed by atoms with Gasteiger partial charge in [-0.3, -0.25) is 14.5 Å². The molecule has 1 saturated heterocycles. The molecule has 1 heterocycles. The molecule has 2 amide bonds. The molecule has 1 aliphatic rings. The maximum atomic E-state index is 12.4. The van der Waals surface area contributed by atoms with Crippen LogP contribution in [-0.4, -0.2) is 67.6 Å². The van der Waals surface area contributed by atoms with Gasteiger partial charge in [0.25, 0.3) is 0 Å². The van der Waals surface area contributed by atoms with Crippen molar-refractivity contribution in [3.8, 4) is 0 Å². The van der Waals surface area contributed by atoms with Gasteiger partial charge in [-0.15, -0.1) is 0 Å². The number of hydrogen-bond donors (Lipinski definition) is 1. The van der Waals surface area contributed by atoms with E-state index in [0.717, 1.165) is 24.3 Å². The van der Waals surface area contributed by atoms with E-state index in [2.05, 4.69) is 10.2 Å². The number of nitrogens with one attached hydrogen (secondary N) is 1. The molecule has 2 rings (SSSR count). The van der Waals surface area contributed by atoms with E-state index in [4.69, 9.17) is 4.74 Å². The topological polar surface area (TPSA) is 61.9 Å². The van der Waals surface area contributed by atoms with Crippen molar-refractivity contribution in [3.63, 3.8) is 0 Å². The van der Waals surface area contributed by atoms with E-state index in [-0.39, 0.29) is 24.4 Å². The molecule has 0 bridgehead atoms. The Bertz CT molecular complexity index is 539. The van der Waals surface area contributed by atoms with Gasteiger partial charge in [0.1, 0.15) is 0 Å². The minimum Gasteiger partial charge on any atom is -0.379 e. The molecule has 0 unspecified atom stereocenters. The van der Waals surface area contributed by atoms with Crippen molar-refractivity contribution in [2.24, 2.45) is 0 Å². The maximum absolute atomic E-state index is 12.4. The van der Waals surface area contributed by atoms with Gasteiger partial charge in [-0.2, -0.15) is 0 Å². The zero-order valence-electron chi connectivity index (χ0n) is 14.0. The lowest BCUT2D eigenvalue weighted by Crippen LogP contribution is -2.51. The molecule has 1 aromatic rings. The summed E-state index contributed by atoms with van der Waals surface area (Å²) < 4.78 is 5.30. The lowest BCUT2D eigenvalue weighted by molar-refractivity contribution is -0.139. The fourth-order valence-electron chi connectivity index (χ4n) is 2.57. The van der Waals surface area contributed by atoms with Crippen LogP contribution in [-0.2, 0) is 14.3 Å². The van der Waals surface area contributed by atoms with E-state index in [1.54, 1.807) is 7.05 Å². The number of morpholine rings is 1. The summed E-state index contributed by atoms with van der Waals surface area (Å²) in [6, 6.07) is 7.34. The third kappa shape index (κ3) is 5.04. The molecular formula is C17H25N3O3. The number of ether oxygens (including phenoxy) is 1. The predicted octanol–water partition coefficient (Wildman–Crippen LogP) is 1.11. The smallest absolute Gasteiger partial charge is 0.243 e. The molecular weight excluding hydrogens is 294 g/mol. The third-order valence-corrected chi connectivity index (χ3v) is 4.04. The number of likely N-dealkylation sites (N-methyl/N-ethyl adjacent to an activating group) is 1. The molecule has 6 heteroatoms. The van der Waals surface area contributed by atoms with E-state index < -0.39 is 0 Å². The SMILES string of the molecule is Cc1ccc(NC(=O)CN(C)C(=O)[C@@H](C)N2CCOCC2)cc1. The fourth-order valence-corrected chi connectivity index (χ4v) is 2.57. The number of carbonyl (C=O) groups excluding carboxylic acids is 2. The molecule has 1 aromatic carbocycles. The first-order chi connectivity index (χ1) is 11.0. The van der Waals surface area contributed by atoms with Gasteiger partial charge in [0, 0.05) is 25.8 Å². The van der Waals surface area contributed by atoms with Gasteiger partial charge in [-0.1, -0.05) is 17.7 Å². The first-order valence-corrected chi connectivity index (χ1v) is 7.90. The standard InChI is InChI=1S/C17H25N3O3/c1-13-4-6-15(7-5-13)18-16(21)12-19(3)17(22)14(2)20-8-10-23-11-9-20/h4-7,14H,8-12H2,1-3H3,(H,18,21)/t14-/m1/s1. The quantitative estimate of drug-likeness (QED) is 0.883. The van der Waals surface area contributed by atoms with E-state index in [0.29, 0.717) is 13.2 Å². The molecule has 1 aliphatic heterocycles. The van der Waals surface area contributed by atoms with Gasteiger partial charge >= 0.3 is 0 Å². The Balaban J connectivity index is 1.84. The van der Waals surface area contributed by atoms with E-state index in [1.165, 1.54) is 4.90 Å². The number of hydrogen-bond acceptors (Lipinski definition) is 4. The average molecular weight is 319 g/mol. The Hall–Kier alpha value is -1.92. The second-order valence-corrected chi connectivity index (χ2v) is 5.93. The van der Waals surface area contributed by atoms with Crippen LogP contribution in [0.5, 0.6) is 0 Å². The maximum Gasteiger partial charge on any atom is 0.243 e. The number of anilines is 1. The summed E-state index contributed by atoms with van der Waals surface area (Å²) >= 11 is 0. The van der Waals surface area contributed by atoms with E-state index in [1.807, 2.05) is 38.1 Å². The van der Waals surface area contributed by atoms with Crippen molar-refractivity contribution in [1.82, 2.24) is 9.80 Å².